The molecule has 112 heavy (non-hydrogen) atoms. The van der Waals surface area contributed by atoms with E-state index in [1.54, 1.807) is 99.0 Å². The van der Waals surface area contributed by atoms with Gasteiger partial charge in [0.2, 0.25) is 5.91 Å². The normalized spacial score (nSPS) is 23.1. The summed E-state index contributed by atoms with van der Waals surface area (Å²) in [4.78, 5) is 110. The SMILES string of the molecule is CCOC(=O)CCc1cc(-c2nc(-c3ccccc3F)c3c(n2)[C@]2(C)C=C(C#N)C(=O)[C@H](C)[C@H]2CC3)ccn1.C[C@H]1C(=O)C(C#N)=C[C@@]2(C)c3nc(-c4ccnc(CCC(=O)N(C)C)c4)nc(-c4ccccc4F)c3CC[C@H]12.C[C@H]1C(=O)C(C#N)=C[C@@]2(C)c3nc(-c4ccnc5ccccc45)nc(N4CCCC4)c3CC[C@H]12. The zero-order valence-electron chi connectivity index (χ0n) is 64.3. The molecule has 9 atom stereocenters. The Morgan fingerprint density at radius 2 is 0.964 bits per heavy atom. The summed E-state index contributed by atoms with van der Waals surface area (Å²) in [6.45, 7) is 16.0. The van der Waals surface area contributed by atoms with Crippen molar-refractivity contribution < 1.29 is 37.5 Å². The number of para-hydroxylation sites is 1. The third-order valence-corrected chi connectivity index (χ3v) is 24.2. The molecule has 9 aromatic rings. The lowest BCUT2D eigenvalue weighted by Gasteiger charge is -2.46. The van der Waals surface area contributed by atoms with Crippen LogP contribution < -0.4 is 4.90 Å². The van der Waals surface area contributed by atoms with E-state index in [1.165, 1.54) is 17.7 Å². The summed E-state index contributed by atoms with van der Waals surface area (Å²) in [5, 5.41) is 30.2. The summed E-state index contributed by atoms with van der Waals surface area (Å²) < 4.78 is 35.3. The van der Waals surface area contributed by atoms with Crippen LogP contribution >= 0.6 is 0 Å². The monoisotopic (exact) mass is 1500 g/mol. The zero-order valence-corrected chi connectivity index (χ0v) is 64.3. The minimum atomic E-state index is -0.705. The molecule has 1 amide bonds. The van der Waals surface area contributed by atoms with Crippen LogP contribution in [0.5, 0.6) is 0 Å². The fourth-order valence-electron chi connectivity index (χ4n) is 18.3. The summed E-state index contributed by atoms with van der Waals surface area (Å²) in [5.74, 6) is 0.286. The van der Waals surface area contributed by atoms with Gasteiger partial charge in [0.05, 0.1) is 63.7 Å². The predicted molar refractivity (Wildman–Crippen MR) is 419 cm³/mol. The van der Waals surface area contributed by atoms with Gasteiger partial charge in [0.1, 0.15) is 35.7 Å². The van der Waals surface area contributed by atoms with Crippen LogP contribution in [0, 0.1) is 81.1 Å². The second-order valence-corrected chi connectivity index (χ2v) is 31.1. The summed E-state index contributed by atoms with van der Waals surface area (Å²) in [6, 6.07) is 36.7. The van der Waals surface area contributed by atoms with Crippen molar-refractivity contribution >= 4 is 45.9 Å². The minimum Gasteiger partial charge on any atom is -0.466 e. The Morgan fingerprint density at radius 1 is 0.536 bits per heavy atom. The van der Waals surface area contributed by atoms with Crippen molar-refractivity contribution in [3.63, 3.8) is 0 Å². The van der Waals surface area contributed by atoms with E-state index in [4.69, 9.17) is 34.6 Å². The minimum absolute atomic E-state index is 0.00842. The van der Waals surface area contributed by atoms with Gasteiger partial charge in [-0.25, -0.2) is 38.7 Å². The number of carbonyl (C=O) groups excluding carboxylic acids is 5. The summed E-state index contributed by atoms with van der Waals surface area (Å²) in [6.07, 6.45) is 18.6. The summed E-state index contributed by atoms with van der Waals surface area (Å²) >= 11 is 0. The lowest BCUT2D eigenvalue weighted by Crippen LogP contribution is -2.46. The number of halogens is 2. The molecule has 0 radical (unpaired) electrons. The number of Topliss-reactive ketones (excluding diaryl/α,β-unsaturated/α-hetero) is 3. The molecule has 22 heteroatoms. The lowest BCUT2D eigenvalue weighted by atomic mass is 9.57. The maximum atomic E-state index is 15.1. The lowest BCUT2D eigenvalue weighted by molar-refractivity contribution is -0.143. The van der Waals surface area contributed by atoms with Crippen LogP contribution in [0.4, 0.5) is 14.6 Å². The van der Waals surface area contributed by atoms with Crippen molar-refractivity contribution in [1.82, 2.24) is 49.8 Å². The van der Waals surface area contributed by atoms with Gasteiger partial charge in [-0.2, -0.15) is 15.8 Å². The highest BCUT2D eigenvalue weighted by atomic mass is 19.1. The largest absolute Gasteiger partial charge is 0.466 e. The first-order valence-corrected chi connectivity index (χ1v) is 38.5. The number of pyridine rings is 3. The quantitative estimate of drug-likeness (QED) is 0.0969. The van der Waals surface area contributed by atoms with E-state index in [0.29, 0.717) is 114 Å². The molecule has 1 saturated heterocycles. The van der Waals surface area contributed by atoms with Crippen LogP contribution in [0.15, 0.2) is 157 Å². The van der Waals surface area contributed by atoms with Crippen molar-refractivity contribution in [3.05, 3.63) is 213 Å². The molecule has 0 unspecified atom stereocenters. The first-order chi connectivity index (χ1) is 53.9. The van der Waals surface area contributed by atoms with Gasteiger partial charge < -0.3 is 14.5 Å². The molecule has 0 saturated carbocycles. The van der Waals surface area contributed by atoms with Crippen LogP contribution in [0.25, 0.3) is 67.6 Å². The highest BCUT2D eigenvalue weighted by Gasteiger charge is 2.53. The number of allylic oxidation sites excluding steroid dienone is 6. The Kier molecular flexibility index (Phi) is 21.5. The Labute approximate surface area is 649 Å². The fraction of sp³-hybridized carbons (Fsp3) is 0.367. The number of nitriles is 3. The smallest absolute Gasteiger partial charge is 0.306 e. The molecule has 3 aromatic carbocycles. The number of esters is 1. The molecule has 1 fully saturated rings. The zero-order chi connectivity index (χ0) is 79.1. The van der Waals surface area contributed by atoms with Crippen molar-refractivity contribution in [2.45, 2.75) is 142 Å². The van der Waals surface area contributed by atoms with Gasteiger partial charge in [-0.15, -0.1) is 0 Å². The predicted octanol–water partition coefficient (Wildman–Crippen LogP) is 15.0. The van der Waals surface area contributed by atoms with Crippen LogP contribution in [-0.4, -0.2) is 113 Å². The van der Waals surface area contributed by atoms with Crippen LogP contribution in [0.2, 0.25) is 0 Å². The Morgan fingerprint density at radius 3 is 1.43 bits per heavy atom. The van der Waals surface area contributed by atoms with Gasteiger partial charge >= 0.3 is 5.97 Å². The molecule has 6 aromatic heterocycles. The number of rotatable bonds is 13. The van der Waals surface area contributed by atoms with E-state index in [9.17, 15) is 39.8 Å². The van der Waals surface area contributed by atoms with Crippen LogP contribution in [0.3, 0.4) is 0 Å². The third-order valence-electron chi connectivity index (χ3n) is 24.2. The molecule has 7 heterocycles. The molecule has 566 valence electrons. The first-order valence-electron chi connectivity index (χ1n) is 38.5. The number of anilines is 1. The first kappa shape index (κ1) is 76.7. The topological polar surface area (TPSA) is 288 Å². The number of aryl methyl sites for hydroxylation is 2. The number of hydrogen-bond acceptors (Lipinski definition) is 19. The van der Waals surface area contributed by atoms with Gasteiger partial charge in [-0.3, -0.25) is 38.9 Å². The Bertz CT molecular complexity index is 5570. The molecule has 1 aliphatic heterocycles. The van der Waals surface area contributed by atoms with E-state index in [0.717, 1.165) is 89.3 Å². The molecule has 0 bridgehead atoms. The number of amides is 1. The molecule has 6 aliphatic carbocycles. The Hall–Kier alpha value is -12.1. The van der Waals surface area contributed by atoms with Gasteiger partial charge in [0, 0.05) is 154 Å². The van der Waals surface area contributed by atoms with Crippen molar-refractivity contribution in [2.24, 2.45) is 35.5 Å². The molecule has 0 spiro atoms. The highest BCUT2D eigenvalue weighted by molar-refractivity contribution is 6.04. The van der Waals surface area contributed by atoms with Crippen molar-refractivity contribution in [2.75, 3.05) is 38.7 Å². The Balaban J connectivity index is 0.000000140. The number of aromatic nitrogens is 9. The van der Waals surface area contributed by atoms with Gasteiger partial charge in [-0.05, 0) is 143 Å². The van der Waals surface area contributed by atoms with Gasteiger partial charge in [0.15, 0.2) is 34.8 Å². The van der Waals surface area contributed by atoms with Gasteiger partial charge in [-0.1, -0.05) is 102 Å². The average Bonchev–Trinajstić information content (AvgIpc) is 0.777. The summed E-state index contributed by atoms with van der Waals surface area (Å²) in [5.41, 5.74) is 10.3. The molecule has 20 nitrogen and oxygen atoms in total. The fourth-order valence-corrected chi connectivity index (χ4v) is 18.3. The molecule has 0 N–H and O–H groups in total. The highest BCUT2D eigenvalue weighted by Crippen LogP contribution is 2.55. The molecule has 7 aliphatic rings. The van der Waals surface area contributed by atoms with Crippen LogP contribution in [0.1, 0.15) is 139 Å². The molecular weight excluding hydrogens is 1410 g/mol. The average molecular weight is 1500 g/mol. The van der Waals surface area contributed by atoms with E-state index < -0.39 is 16.2 Å². The van der Waals surface area contributed by atoms with E-state index in [1.807, 2.05) is 83.3 Å². The third kappa shape index (κ3) is 14.2. The number of fused-ring (bicyclic) bond motifs is 10. The van der Waals surface area contributed by atoms with Crippen LogP contribution in [-0.2, 0) is 77.1 Å². The number of carbonyl (C=O) groups is 5. The van der Waals surface area contributed by atoms with Crippen molar-refractivity contribution in [1.29, 1.82) is 15.8 Å². The second-order valence-electron chi connectivity index (χ2n) is 31.1. The number of hydrogen-bond donors (Lipinski definition) is 0. The molecule has 16 rings (SSSR count). The van der Waals surface area contributed by atoms with E-state index >= 15 is 8.78 Å². The maximum Gasteiger partial charge on any atom is 0.306 e. The maximum absolute atomic E-state index is 15.1. The number of ether oxygens (including phenoxy) is 1. The number of ketones is 3. The van der Waals surface area contributed by atoms with Crippen molar-refractivity contribution in [3.8, 4) is 74.9 Å². The molecular formula is C90H86F2N14O6. The second kappa shape index (κ2) is 31.4. The number of nitrogens with zero attached hydrogens (tertiary/aromatic N) is 14. The van der Waals surface area contributed by atoms with E-state index in [-0.39, 0.29) is 99.5 Å². The van der Waals surface area contributed by atoms with E-state index in [2.05, 4.69) is 51.0 Å². The number of benzene rings is 3. The van der Waals surface area contributed by atoms with Gasteiger partial charge in [0.25, 0.3) is 0 Å². The summed E-state index contributed by atoms with van der Waals surface area (Å²) in [7, 11) is 3.44. The standard InChI is InChI=1S/C31H30FN5O2.C31H29FN4O3.C28H27N5O/c1-18-24-11-10-23-27(22-7-5-6-8-25(22)32)35-30(36-29(23)31(24,2)16-20(17-33)28(18)39)19-13-14-34-21(15-19)9-12-26(38)37(3)4;1-4-39-26(37)12-9-21-15-19(13-14-34-21)30-35-27(22-7-5-6-8-25(22)32)23-10-11-24-18(2)28(38)20(17-33)16-31(24,3)29(23)36-30;1-17-22-10-9-21-25(28(22,2)15-18(16-29)24(17)34)31-26(32-27(21)33-13-5-6-14-33)20-11-12-30-23-8-4-3-7-19(20)23/h5-8,13-16,18,24H,9-12H2,1-4H3;5-8,13-16,18,24H,4,9-12H2,1-3H3;3-4,7-8,11-12,15,17,22H,5-6,9-10,13-14H2,1-2H3/t2*18-,24-,31-;17-,22-,28-/m111/s1.